The summed E-state index contributed by atoms with van der Waals surface area (Å²) in [4.78, 5) is 0. The summed E-state index contributed by atoms with van der Waals surface area (Å²) in [6, 6.07) is 32.0. The van der Waals surface area contributed by atoms with Crippen molar-refractivity contribution < 1.29 is 49.5 Å². The molecule has 0 spiro atoms. The number of nitrogens with one attached hydrogen (secondary N) is 1. The van der Waals surface area contributed by atoms with Crippen LogP contribution in [0.2, 0.25) is 0 Å². The van der Waals surface area contributed by atoms with Gasteiger partial charge in [0.2, 0.25) is 0 Å². The van der Waals surface area contributed by atoms with Gasteiger partial charge in [-0.2, -0.15) is 36.4 Å². The maximum atomic E-state index is 6.94. The Hall–Kier alpha value is -0.509. The molecule has 23 heavy (non-hydrogen) atoms. The average molecular weight is 439 g/mol. The molecule has 3 aromatic carbocycles. The van der Waals surface area contributed by atoms with E-state index in [0.717, 1.165) is 0 Å². The smallest absolute Gasteiger partial charge is 0 e. The Morgan fingerprint density at radius 3 is 1.04 bits per heavy atom. The topological polar surface area (TPSA) is 23.8 Å². The van der Waals surface area contributed by atoms with Gasteiger partial charge in [-0.1, -0.05) is 20.8 Å². The molecule has 0 saturated carbocycles. The van der Waals surface area contributed by atoms with Crippen molar-refractivity contribution >= 4 is 0 Å². The fourth-order valence-corrected chi connectivity index (χ4v) is 0.822. The first-order chi connectivity index (χ1) is 9.50. The third-order valence-electron chi connectivity index (χ3n) is 1.46. The molecule has 0 radical (unpaired) electrons. The molecule has 0 amide bonds. The average Bonchev–Trinajstić information content (AvgIpc) is 3.17. The zero-order valence-corrected chi connectivity index (χ0v) is 16.3. The van der Waals surface area contributed by atoms with Gasteiger partial charge in [0.25, 0.3) is 0 Å². The van der Waals surface area contributed by atoms with Crippen LogP contribution in [0.3, 0.4) is 0 Å². The van der Waals surface area contributed by atoms with Gasteiger partial charge in [-0.25, -0.2) is 24.3 Å². The van der Waals surface area contributed by atoms with Crippen LogP contribution >= 0.6 is 0 Å². The van der Waals surface area contributed by atoms with Crippen LogP contribution in [0.25, 0.3) is 5.73 Å². The van der Waals surface area contributed by atoms with Crippen LogP contribution in [-0.4, -0.2) is 5.54 Å². The molecule has 1 nitrogen and oxygen atoms in total. The molecular weight excluding hydrogens is 418 g/mol. The molecule has 140 valence electrons. The molecule has 3 aromatic rings. The van der Waals surface area contributed by atoms with E-state index >= 15 is 0 Å². The van der Waals surface area contributed by atoms with Gasteiger partial charge in [-0.15, -0.1) is 5.54 Å². The van der Waals surface area contributed by atoms with E-state index in [1.807, 2.05) is 81.4 Å². The molecule has 4 heteroatoms. The van der Waals surface area contributed by atoms with E-state index in [1.165, 1.54) is 0 Å². The van der Waals surface area contributed by atoms with Gasteiger partial charge in [0.15, 0.2) is 0 Å². The van der Waals surface area contributed by atoms with Crippen molar-refractivity contribution in [2.45, 2.75) is 26.3 Å². The van der Waals surface area contributed by atoms with E-state index in [-0.39, 0.29) is 55.0 Å². The van der Waals surface area contributed by atoms with Crippen LogP contribution in [-0.2, 0) is 49.5 Å². The molecular formula is C19H21NNi3-8. The fraction of sp³-hybridized carbons (Fsp3) is 0.211. The molecule has 0 aromatic heterocycles. The Labute approximate surface area is 171 Å². The van der Waals surface area contributed by atoms with Crippen LogP contribution < -0.4 is 0 Å². The molecule has 0 fully saturated rings. The van der Waals surface area contributed by atoms with Gasteiger partial charge in [0.05, 0.1) is 0 Å². The Balaban J connectivity index is -0.000000100. The molecule has 0 aliphatic carbocycles. The largest absolute Gasteiger partial charge is 0.999 e. The maximum absolute atomic E-state index is 6.94. The van der Waals surface area contributed by atoms with Gasteiger partial charge < -0.3 is 36.1 Å². The number of rotatable bonds is 0. The minimum absolute atomic E-state index is 0. The summed E-state index contributed by atoms with van der Waals surface area (Å²) in [5, 5.41) is 0. The summed E-state index contributed by atoms with van der Waals surface area (Å²) in [6.07, 6.45) is 0. The zero-order chi connectivity index (χ0) is 15.1. The van der Waals surface area contributed by atoms with E-state index in [9.17, 15) is 0 Å². The Kier molecular flexibility index (Phi) is 28.4. The molecule has 0 atom stereocenters. The minimum Gasteiger partial charge on any atom is -0.999 e. The standard InChI is InChI=1S/2C5H5.C5H.C4H10N.3Ni/c3*1-2-4-5-3-1;1-4(2,3)5;;;/h2*1-5H;1H;5H,1-3H3;;;/q2*-1;-5;-1;;;. The molecule has 0 aliphatic heterocycles. The summed E-state index contributed by atoms with van der Waals surface area (Å²) in [6.45, 7) is 5.56. The first-order valence-corrected chi connectivity index (χ1v) is 6.41. The summed E-state index contributed by atoms with van der Waals surface area (Å²) in [7, 11) is 0. The molecule has 0 bridgehead atoms. The summed E-state index contributed by atoms with van der Waals surface area (Å²) < 4.78 is 0. The summed E-state index contributed by atoms with van der Waals surface area (Å²) >= 11 is 0. The molecule has 0 aliphatic rings. The molecule has 0 saturated heterocycles. The molecule has 1 N–H and O–H groups in total. The van der Waals surface area contributed by atoms with Crippen LogP contribution in [0.5, 0.6) is 0 Å². The van der Waals surface area contributed by atoms with E-state index in [4.69, 9.17) is 5.73 Å². The van der Waals surface area contributed by atoms with Crippen molar-refractivity contribution in [2.24, 2.45) is 0 Å². The summed E-state index contributed by atoms with van der Waals surface area (Å²) in [5.74, 6) is 0. The summed E-state index contributed by atoms with van der Waals surface area (Å²) in [5.41, 5.74) is 6.69. The van der Waals surface area contributed by atoms with Gasteiger partial charge in [-0.05, 0) is 0 Å². The van der Waals surface area contributed by atoms with Crippen LogP contribution in [0.1, 0.15) is 20.8 Å². The van der Waals surface area contributed by atoms with E-state index in [2.05, 4.69) is 24.3 Å². The normalized spacial score (nSPS) is 7.83. The van der Waals surface area contributed by atoms with Crippen molar-refractivity contribution in [1.82, 2.24) is 0 Å². The predicted molar refractivity (Wildman–Crippen MR) is 85.5 cm³/mol. The van der Waals surface area contributed by atoms with Crippen molar-refractivity contribution in [3.05, 3.63) is 96.7 Å². The van der Waals surface area contributed by atoms with Crippen LogP contribution in [0.15, 0.2) is 66.7 Å². The third-order valence-corrected chi connectivity index (χ3v) is 1.46. The zero-order valence-electron chi connectivity index (χ0n) is 13.3. The van der Waals surface area contributed by atoms with Gasteiger partial charge in [-0.3, -0.25) is 0 Å². The monoisotopic (exact) mass is 437 g/mol. The van der Waals surface area contributed by atoms with E-state index in [0.29, 0.717) is 0 Å². The van der Waals surface area contributed by atoms with Crippen molar-refractivity contribution in [1.29, 1.82) is 0 Å². The predicted octanol–water partition coefficient (Wildman–Crippen LogP) is 5.25. The molecule has 0 heterocycles. The maximum Gasteiger partial charge on any atom is 0 e. The number of hydrogen-bond acceptors (Lipinski definition) is 0. The van der Waals surface area contributed by atoms with Gasteiger partial charge >= 0.3 is 0 Å². The Bertz CT molecular complexity index is 317. The quantitative estimate of drug-likeness (QED) is 0.338. The number of hydrogen-bond donors (Lipinski definition) is 0. The first kappa shape index (κ1) is 30.4. The van der Waals surface area contributed by atoms with E-state index in [1.54, 1.807) is 6.07 Å². The van der Waals surface area contributed by atoms with Gasteiger partial charge in [0.1, 0.15) is 0 Å². The van der Waals surface area contributed by atoms with E-state index < -0.39 is 0 Å². The minimum atomic E-state index is -0.250. The second-order valence-corrected chi connectivity index (χ2v) is 4.86. The third kappa shape index (κ3) is 38.9. The molecule has 0 unspecified atom stereocenters. The van der Waals surface area contributed by atoms with Crippen LogP contribution in [0.4, 0.5) is 0 Å². The van der Waals surface area contributed by atoms with Gasteiger partial charge in [0, 0.05) is 49.5 Å². The van der Waals surface area contributed by atoms with Crippen molar-refractivity contribution in [2.75, 3.05) is 0 Å². The SMILES string of the molecule is CC(C)(C)[NH-].[Ni].[Ni].[Ni].[c-]1[c-][c-][cH-][c-]1.c1cc[cH-]c1.c1cc[cH-]c1. The first-order valence-electron chi connectivity index (χ1n) is 6.41. The van der Waals surface area contributed by atoms with Crippen LogP contribution in [0, 0.1) is 24.3 Å². The van der Waals surface area contributed by atoms with Crippen molar-refractivity contribution in [3.63, 3.8) is 0 Å². The molecule has 3 rings (SSSR count). The fourth-order valence-electron chi connectivity index (χ4n) is 0.822. The Morgan fingerprint density at radius 1 is 0.696 bits per heavy atom. The Morgan fingerprint density at radius 2 is 0.957 bits per heavy atom. The second-order valence-electron chi connectivity index (χ2n) is 4.86. The second kappa shape index (κ2) is 21.5. The van der Waals surface area contributed by atoms with Crippen molar-refractivity contribution in [3.8, 4) is 0 Å².